The predicted octanol–water partition coefficient (Wildman–Crippen LogP) is -0.724. The van der Waals surface area contributed by atoms with Gasteiger partial charge in [-0.1, -0.05) is 18.2 Å². The van der Waals surface area contributed by atoms with Crippen LogP contribution in [0.15, 0.2) is 51.1 Å². The number of aryl methyl sites for hydroxylation is 2. The van der Waals surface area contributed by atoms with Crippen LogP contribution in [0.4, 0.5) is 0 Å². The van der Waals surface area contributed by atoms with Crippen LogP contribution in [0, 0.1) is 0 Å². The first-order valence-corrected chi connectivity index (χ1v) is 13.3. The predicted molar refractivity (Wildman–Crippen MR) is 132 cm³/mol. The Kier molecular flexibility index (Phi) is 7.55. The van der Waals surface area contributed by atoms with Crippen molar-refractivity contribution in [3.63, 3.8) is 0 Å². The molecule has 4 rings (SSSR count). The van der Waals surface area contributed by atoms with Gasteiger partial charge in [0.2, 0.25) is 0 Å². The summed E-state index contributed by atoms with van der Waals surface area (Å²) in [5, 5.41) is 10.6. The van der Waals surface area contributed by atoms with Crippen molar-refractivity contribution < 1.29 is 13.5 Å². The molecule has 1 atom stereocenters. The van der Waals surface area contributed by atoms with Gasteiger partial charge in [0.05, 0.1) is 29.6 Å². The van der Waals surface area contributed by atoms with Gasteiger partial charge >= 0.3 is 5.69 Å². The van der Waals surface area contributed by atoms with Crippen molar-refractivity contribution >= 4 is 21.0 Å². The summed E-state index contributed by atoms with van der Waals surface area (Å²) in [7, 11) is -0.0183. The molecule has 12 heteroatoms. The number of aromatic nitrogens is 4. The molecule has 0 radical (unpaired) electrons. The largest absolute Gasteiger partial charge is 0.390 e. The number of hydrogen-bond donors (Lipinski definition) is 1. The van der Waals surface area contributed by atoms with E-state index in [1.54, 1.807) is 49.0 Å². The van der Waals surface area contributed by atoms with Gasteiger partial charge in [-0.2, -0.15) is 0 Å². The average Bonchev–Trinajstić information content (AvgIpc) is 3.23. The van der Waals surface area contributed by atoms with Crippen molar-refractivity contribution in [3.8, 4) is 0 Å². The standard InChI is InChI=1S/C23H32N6O5S/c1-25-17-24-21-20(25)22(31)29(23(32)26(21)2)16-18(30)15-28-12-10-27(11-13-28)9-6-14-35(33,34)19-7-4-3-5-8-19/h3-5,7-8,17-18,30H,6,9-16H2,1-2H3. The third kappa shape index (κ3) is 5.56. The molecule has 2 aromatic heterocycles. The fraction of sp³-hybridized carbons (Fsp3) is 0.522. The van der Waals surface area contributed by atoms with Crippen LogP contribution < -0.4 is 11.2 Å². The molecular weight excluding hydrogens is 472 g/mol. The van der Waals surface area contributed by atoms with Crippen molar-refractivity contribution in [1.82, 2.24) is 28.5 Å². The molecule has 3 aromatic rings. The summed E-state index contributed by atoms with van der Waals surface area (Å²) in [5.41, 5.74) is -0.323. The van der Waals surface area contributed by atoms with E-state index in [1.807, 2.05) is 0 Å². The number of rotatable bonds is 9. The molecule has 190 valence electrons. The number of piperazine rings is 1. The molecular formula is C23H32N6O5S. The average molecular weight is 505 g/mol. The minimum Gasteiger partial charge on any atom is -0.390 e. The summed E-state index contributed by atoms with van der Waals surface area (Å²) >= 11 is 0. The van der Waals surface area contributed by atoms with Crippen molar-refractivity contribution in [2.75, 3.05) is 45.0 Å². The molecule has 0 saturated carbocycles. The zero-order chi connectivity index (χ0) is 25.2. The van der Waals surface area contributed by atoms with E-state index < -0.39 is 27.2 Å². The summed E-state index contributed by atoms with van der Waals surface area (Å²) in [6.45, 7) is 3.91. The van der Waals surface area contributed by atoms with E-state index in [2.05, 4.69) is 14.8 Å². The van der Waals surface area contributed by atoms with E-state index in [4.69, 9.17) is 0 Å². The number of nitrogens with zero attached hydrogens (tertiary/aromatic N) is 6. The number of aliphatic hydroxyl groups is 1. The van der Waals surface area contributed by atoms with Crippen LogP contribution in [0.2, 0.25) is 0 Å². The van der Waals surface area contributed by atoms with Crippen LogP contribution in [-0.4, -0.2) is 93.1 Å². The second-order valence-electron chi connectivity index (χ2n) is 9.07. The zero-order valence-electron chi connectivity index (χ0n) is 20.1. The second kappa shape index (κ2) is 10.4. The molecule has 35 heavy (non-hydrogen) atoms. The monoisotopic (exact) mass is 504 g/mol. The van der Waals surface area contributed by atoms with Crippen LogP contribution in [0.1, 0.15) is 6.42 Å². The third-order valence-electron chi connectivity index (χ3n) is 6.52. The lowest BCUT2D eigenvalue weighted by Crippen LogP contribution is -2.50. The number of imidazole rings is 1. The highest BCUT2D eigenvalue weighted by Crippen LogP contribution is 2.12. The molecule has 1 saturated heterocycles. The molecule has 1 unspecified atom stereocenters. The number of β-amino-alcohol motifs (C(OH)–C–C–N with tert-alkyl or cyclic N) is 1. The van der Waals surface area contributed by atoms with E-state index in [-0.39, 0.29) is 12.3 Å². The van der Waals surface area contributed by atoms with Gasteiger partial charge < -0.3 is 14.6 Å². The highest BCUT2D eigenvalue weighted by Gasteiger charge is 2.22. The summed E-state index contributed by atoms with van der Waals surface area (Å²) in [6, 6.07) is 8.50. The molecule has 1 N–H and O–H groups in total. The Hall–Kier alpha value is -2.80. The summed E-state index contributed by atoms with van der Waals surface area (Å²) in [4.78, 5) is 34.3. The van der Waals surface area contributed by atoms with E-state index in [0.717, 1.165) is 30.7 Å². The van der Waals surface area contributed by atoms with Crippen molar-refractivity contribution in [2.45, 2.75) is 24.0 Å². The topological polar surface area (TPSA) is 123 Å². The lowest BCUT2D eigenvalue weighted by molar-refractivity contribution is 0.0632. The van der Waals surface area contributed by atoms with Gasteiger partial charge in [0.25, 0.3) is 5.56 Å². The molecule has 11 nitrogen and oxygen atoms in total. The summed E-state index contributed by atoms with van der Waals surface area (Å²) in [5.74, 6) is 0.112. The first-order valence-electron chi connectivity index (χ1n) is 11.7. The van der Waals surface area contributed by atoms with Gasteiger partial charge in [-0.3, -0.25) is 18.8 Å². The van der Waals surface area contributed by atoms with Crippen LogP contribution in [-0.2, 0) is 30.5 Å². The lowest BCUT2D eigenvalue weighted by atomic mass is 10.2. The Bertz CT molecular complexity index is 1390. The van der Waals surface area contributed by atoms with Crippen molar-refractivity contribution in [2.24, 2.45) is 14.1 Å². The fourth-order valence-electron chi connectivity index (χ4n) is 4.54. The van der Waals surface area contributed by atoms with Gasteiger partial charge in [0.15, 0.2) is 21.0 Å². The molecule has 1 aliphatic rings. The van der Waals surface area contributed by atoms with Gasteiger partial charge in [-0.15, -0.1) is 0 Å². The van der Waals surface area contributed by atoms with E-state index in [9.17, 15) is 23.1 Å². The molecule has 1 aliphatic heterocycles. The molecule has 0 aliphatic carbocycles. The van der Waals surface area contributed by atoms with E-state index >= 15 is 0 Å². The Morgan fingerprint density at radius 1 is 1.00 bits per heavy atom. The van der Waals surface area contributed by atoms with Gasteiger partial charge in [-0.05, 0) is 25.1 Å². The lowest BCUT2D eigenvalue weighted by Gasteiger charge is -2.35. The molecule has 0 spiro atoms. The maximum absolute atomic E-state index is 12.8. The first-order chi connectivity index (χ1) is 16.7. The maximum atomic E-state index is 12.8. The third-order valence-corrected chi connectivity index (χ3v) is 8.33. The first kappa shape index (κ1) is 25.3. The minimum absolute atomic E-state index is 0.0931. The normalized spacial score (nSPS) is 16.7. The maximum Gasteiger partial charge on any atom is 0.332 e. The highest BCUT2D eigenvalue weighted by atomic mass is 32.2. The van der Waals surface area contributed by atoms with E-state index in [0.29, 0.717) is 35.6 Å². The zero-order valence-corrected chi connectivity index (χ0v) is 20.9. The molecule has 0 amide bonds. The Morgan fingerprint density at radius 2 is 1.66 bits per heavy atom. The number of hydrogen-bond acceptors (Lipinski definition) is 8. The van der Waals surface area contributed by atoms with Crippen LogP contribution >= 0.6 is 0 Å². The Balaban J connectivity index is 1.27. The SMILES string of the molecule is Cn1cnc2c1c(=O)n(CC(O)CN1CCN(CCCS(=O)(=O)c3ccccc3)CC1)c(=O)n2C. The molecule has 3 heterocycles. The van der Waals surface area contributed by atoms with Crippen molar-refractivity contribution in [1.29, 1.82) is 0 Å². The molecule has 1 aromatic carbocycles. The second-order valence-corrected chi connectivity index (χ2v) is 11.2. The number of sulfone groups is 1. The van der Waals surface area contributed by atoms with Crippen LogP contribution in [0.5, 0.6) is 0 Å². The van der Waals surface area contributed by atoms with Crippen LogP contribution in [0.25, 0.3) is 11.2 Å². The Morgan fingerprint density at radius 3 is 2.34 bits per heavy atom. The Labute approximate surface area is 203 Å². The fourth-order valence-corrected chi connectivity index (χ4v) is 5.86. The number of fused-ring (bicyclic) bond motifs is 1. The van der Waals surface area contributed by atoms with Gasteiger partial charge in [0, 0.05) is 46.8 Å². The quantitative estimate of drug-likeness (QED) is 0.405. The number of aliphatic hydroxyl groups excluding tert-OH is 1. The molecule has 0 bridgehead atoms. The highest BCUT2D eigenvalue weighted by molar-refractivity contribution is 7.91. The summed E-state index contributed by atoms with van der Waals surface area (Å²) < 4.78 is 28.8. The van der Waals surface area contributed by atoms with Crippen LogP contribution in [0.3, 0.4) is 0 Å². The van der Waals surface area contributed by atoms with Crippen molar-refractivity contribution in [3.05, 3.63) is 57.5 Å². The smallest absolute Gasteiger partial charge is 0.332 e. The van der Waals surface area contributed by atoms with Gasteiger partial charge in [0.1, 0.15) is 0 Å². The van der Waals surface area contributed by atoms with E-state index in [1.165, 1.54) is 10.9 Å². The summed E-state index contributed by atoms with van der Waals surface area (Å²) in [6.07, 6.45) is 1.17. The minimum atomic E-state index is -3.27. The van der Waals surface area contributed by atoms with Gasteiger partial charge in [-0.25, -0.2) is 18.2 Å². The number of benzene rings is 1. The molecule has 1 fully saturated rings.